The zero-order valence-corrected chi connectivity index (χ0v) is 15.0. The van der Waals surface area contributed by atoms with Crippen LogP contribution in [0.4, 0.5) is 5.82 Å². The third-order valence-electron chi connectivity index (χ3n) is 5.23. The number of aryl methyl sites for hydroxylation is 1. The normalized spacial score (nSPS) is 23.9. The molecule has 0 unspecified atom stereocenters. The second-order valence-corrected chi connectivity index (χ2v) is 7.31. The number of ether oxygens (including phenoxy) is 1. The van der Waals surface area contributed by atoms with E-state index in [2.05, 4.69) is 25.3 Å². The molecular formula is C18H24N6O2. The van der Waals surface area contributed by atoms with E-state index in [1.54, 1.807) is 12.3 Å². The van der Waals surface area contributed by atoms with E-state index in [4.69, 9.17) is 4.74 Å². The van der Waals surface area contributed by atoms with E-state index in [1.807, 2.05) is 24.0 Å². The highest BCUT2D eigenvalue weighted by Crippen LogP contribution is 2.34. The molecule has 1 amide bonds. The van der Waals surface area contributed by atoms with Crippen molar-refractivity contribution in [3.63, 3.8) is 0 Å². The standard InChI is InChI=1S/C18H24N6O2/c1-14-3-4-16(22-20-14)23-9-10-26-13-18(11-23)6-2-8-24(12-18)17(25)15-5-7-19-21-15/h3-5,7H,2,6,8-13H2,1H3,(H,19,21)/t18-/m1/s1. The maximum Gasteiger partial charge on any atom is 0.271 e. The van der Waals surface area contributed by atoms with Crippen LogP contribution in [-0.4, -0.2) is 70.6 Å². The number of aromatic amines is 1. The van der Waals surface area contributed by atoms with Crippen molar-refractivity contribution in [2.24, 2.45) is 5.41 Å². The summed E-state index contributed by atoms with van der Waals surface area (Å²) in [5.74, 6) is 0.880. The summed E-state index contributed by atoms with van der Waals surface area (Å²) < 4.78 is 5.93. The maximum atomic E-state index is 12.7. The van der Waals surface area contributed by atoms with E-state index in [0.717, 1.165) is 44.0 Å². The van der Waals surface area contributed by atoms with Crippen molar-refractivity contribution < 1.29 is 9.53 Å². The van der Waals surface area contributed by atoms with E-state index < -0.39 is 0 Å². The number of piperidine rings is 1. The third kappa shape index (κ3) is 3.41. The molecule has 8 heteroatoms. The SMILES string of the molecule is Cc1ccc(N2CCOC[C@]3(CCCN(C(=O)c4ccn[nH]4)C3)C2)nn1. The van der Waals surface area contributed by atoms with Crippen molar-refractivity contribution in [2.75, 3.05) is 44.3 Å². The van der Waals surface area contributed by atoms with Gasteiger partial charge in [-0.15, -0.1) is 5.10 Å². The molecule has 2 aromatic heterocycles. The molecule has 8 nitrogen and oxygen atoms in total. The lowest BCUT2D eigenvalue weighted by Gasteiger charge is -2.43. The Bertz CT molecular complexity index is 748. The molecule has 4 rings (SSSR count). The predicted molar refractivity (Wildman–Crippen MR) is 96.0 cm³/mol. The Morgan fingerprint density at radius 1 is 1.23 bits per heavy atom. The molecule has 138 valence electrons. The van der Waals surface area contributed by atoms with Gasteiger partial charge in [-0.3, -0.25) is 9.89 Å². The fourth-order valence-corrected chi connectivity index (χ4v) is 3.92. The van der Waals surface area contributed by atoms with Crippen molar-refractivity contribution >= 4 is 11.7 Å². The lowest BCUT2D eigenvalue weighted by atomic mass is 9.80. The number of nitrogens with one attached hydrogen (secondary N) is 1. The molecule has 2 aliphatic heterocycles. The Hall–Kier alpha value is -2.48. The van der Waals surface area contributed by atoms with Crippen molar-refractivity contribution in [2.45, 2.75) is 19.8 Å². The lowest BCUT2D eigenvalue weighted by molar-refractivity contribution is 0.0133. The van der Waals surface area contributed by atoms with Crippen molar-refractivity contribution in [1.82, 2.24) is 25.3 Å². The number of hydrogen-bond acceptors (Lipinski definition) is 6. The van der Waals surface area contributed by atoms with Crippen LogP contribution in [0.3, 0.4) is 0 Å². The highest BCUT2D eigenvalue weighted by Gasteiger charge is 2.41. The van der Waals surface area contributed by atoms with Gasteiger partial charge in [0.1, 0.15) is 5.69 Å². The molecule has 0 saturated carbocycles. The molecule has 1 N–H and O–H groups in total. The minimum absolute atomic E-state index is 0.00694. The maximum absolute atomic E-state index is 12.7. The number of H-pyrrole nitrogens is 1. The van der Waals surface area contributed by atoms with E-state index in [1.165, 1.54) is 0 Å². The summed E-state index contributed by atoms with van der Waals surface area (Å²) in [6.45, 7) is 6.31. The summed E-state index contributed by atoms with van der Waals surface area (Å²) in [5, 5.41) is 15.2. The molecule has 2 aliphatic rings. The Kier molecular flexibility index (Phi) is 4.58. The number of carbonyl (C=O) groups excluding carboxylic acids is 1. The molecule has 1 spiro atoms. The molecular weight excluding hydrogens is 332 g/mol. The third-order valence-corrected chi connectivity index (χ3v) is 5.23. The summed E-state index contributed by atoms with van der Waals surface area (Å²) in [5.41, 5.74) is 1.36. The Labute approximate surface area is 152 Å². The topological polar surface area (TPSA) is 87.2 Å². The molecule has 2 fully saturated rings. The summed E-state index contributed by atoms with van der Waals surface area (Å²) in [6.07, 6.45) is 3.62. The van der Waals surface area contributed by atoms with Crippen molar-refractivity contribution in [3.05, 3.63) is 35.8 Å². The number of amides is 1. The van der Waals surface area contributed by atoms with Crippen LogP contribution in [-0.2, 0) is 4.74 Å². The van der Waals surface area contributed by atoms with Crippen LogP contribution in [0.2, 0.25) is 0 Å². The number of hydrogen-bond donors (Lipinski definition) is 1. The zero-order chi connectivity index (χ0) is 18.0. The summed E-state index contributed by atoms with van der Waals surface area (Å²) >= 11 is 0. The summed E-state index contributed by atoms with van der Waals surface area (Å²) in [4.78, 5) is 16.9. The van der Waals surface area contributed by atoms with E-state index in [9.17, 15) is 4.79 Å². The fourth-order valence-electron chi connectivity index (χ4n) is 3.92. The first kappa shape index (κ1) is 17.0. The van der Waals surface area contributed by atoms with Gasteiger partial charge < -0.3 is 14.5 Å². The van der Waals surface area contributed by atoms with Gasteiger partial charge >= 0.3 is 0 Å². The monoisotopic (exact) mass is 356 g/mol. The minimum atomic E-state index is -0.0863. The quantitative estimate of drug-likeness (QED) is 0.872. The highest BCUT2D eigenvalue weighted by atomic mass is 16.5. The van der Waals surface area contributed by atoms with E-state index >= 15 is 0 Å². The van der Waals surface area contributed by atoms with Gasteiger partial charge in [-0.2, -0.15) is 10.2 Å². The lowest BCUT2D eigenvalue weighted by Crippen LogP contribution is -2.52. The van der Waals surface area contributed by atoms with Crippen LogP contribution in [0.1, 0.15) is 29.0 Å². The molecule has 2 aromatic rings. The summed E-state index contributed by atoms with van der Waals surface area (Å²) in [6, 6.07) is 5.72. The number of nitrogens with zero attached hydrogens (tertiary/aromatic N) is 5. The average molecular weight is 356 g/mol. The van der Waals surface area contributed by atoms with Crippen molar-refractivity contribution in [1.29, 1.82) is 0 Å². The summed E-state index contributed by atoms with van der Waals surface area (Å²) in [7, 11) is 0. The number of aromatic nitrogens is 4. The van der Waals surface area contributed by atoms with Gasteiger partial charge in [-0.1, -0.05) is 0 Å². The van der Waals surface area contributed by atoms with E-state index in [0.29, 0.717) is 25.5 Å². The van der Waals surface area contributed by atoms with Crippen LogP contribution >= 0.6 is 0 Å². The number of anilines is 1. The van der Waals surface area contributed by atoms with Gasteiger partial charge in [0.15, 0.2) is 5.82 Å². The van der Waals surface area contributed by atoms with E-state index in [-0.39, 0.29) is 11.3 Å². The molecule has 2 saturated heterocycles. The number of rotatable bonds is 2. The molecule has 0 aromatic carbocycles. The molecule has 0 radical (unpaired) electrons. The second-order valence-electron chi connectivity index (χ2n) is 7.31. The molecule has 0 bridgehead atoms. The fraction of sp³-hybridized carbons (Fsp3) is 0.556. The Morgan fingerprint density at radius 2 is 2.15 bits per heavy atom. The predicted octanol–water partition coefficient (Wildman–Crippen LogP) is 1.27. The smallest absolute Gasteiger partial charge is 0.271 e. The minimum Gasteiger partial charge on any atom is -0.379 e. The van der Waals surface area contributed by atoms with Gasteiger partial charge in [0.25, 0.3) is 5.91 Å². The Balaban J connectivity index is 1.53. The van der Waals surface area contributed by atoms with Crippen LogP contribution < -0.4 is 4.90 Å². The first-order valence-electron chi connectivity index (χ1n) is 9.07. The first-order valence-corrected chi connectivity index (χ1v) is 9.07. The van der Waals surface area contributed by atoms with Gasteiger partial charge in [-0.25, -0.2) is 0 Å². The molecule has 26 heavy (non-hydrogen) atoms. The highest BCUT2D eigenvalue weighted by molar-refractivity contribution is 5.92. The van der Waals surface area contributed by atoms with Crippen LogP contribution in [0.5, 0.6) is 0 Å². The molecule has 0 aliphatic carbocycles. The number of carbonyl (C=O) groups is 1. The van der Waals surface area contributed by atoms with Crippen LogP contribution in [0.25, 0.3) is 0 Å². The average Bonchev–Trinajstić information content (AvgIpc) is 3.12. The van der Waals surface area contributed by atoms with Crippen molar-refractivity contribution in [3.8, 4) is 0 Å². The van der Waals surface area contributed by atoms with Gasteiger partial charge in [0.05, 0.1) is 18.9 Å². The largest absolute Gasteiger partial charge is 0.379 e. The van der Waals surface area contributed by atoms with Gasteiger partial charge in [0, 0.05) is 37.8 Å². The van der Waals surface area contributed by atoms with Gasteiger partial charge in [-0.05, 0) is 38.0 Å². The number of likely N-dealkylation sites (tertiary alicyclic amines) is 1. The van der Waals surface area contributed by atoms with Crippen LogP contribution in [0.15, 0.2) is 24.4 Å². The first-order chi connectivity index (χ1) is 12.7. The van der Waals surface area contributed by atoms with Crippen LogP contribution in [0, 0.1) is 12.3 Å². The Morgan fingerprint density at radius 3 is 2.92 bits per heavy atom. The molecule has 4 heterocycles. The second kappa shape index (κ2) is 7.03. The molecule has 1 atom stereocenters. The zero-order valence-electron chi connectivity index (χ0n) is 15.0. The van der Waals surface area contributed by atoms with Gasteiger partial charge in [0.2, 0.25) is 0 Å².